The van der Waals surface area contributed by atoms with Gasteiger partial charge < -0.3 is 5.32 Å². The van der Waals surface area contributed by atoms with E-state index < -0.39 is 10.0 Å². The Kier molecular flexibility index (Phi) is 9.22. The Balaban J connectivity index is 0.000000366. The minimum absolute atomic E-state index is 0.0961. The van der Waals surface area contributed by atoms with Crippen LogP contribution < -0.4 is 5.32 Å². The summed E-state index contributed by atoms with van der Waals surface area (Å²) in [6.07, 6.45) is 4.99. The molecule has 1 N–H and O–H groups in total. The summed E-state index contributed by atoms with van der Waals surface area (Å²) < 4.78 is 23.7. The molecule has 104 valence electrons. The molecule has 1 unspecified atom stereocenters. The SMILES string of the molecule is CC1CNCCN1S(C)(=O)=O.CCCCCCl. The van der Waals surface area contributed by atoms with Crippen molar-refractivity contribution in [2.45, 2.75) is 39.2 Å². The van der Waals surface area contributed by atoms with Crippen LogP contribution in [0.1, 0.15) is 33.1 Å². The van der Waals surface area contributed by atoms with Gasteiger partial charge in [0.15, 0.2) is 0 Å². The second kappa shape index (κ2) is 9.14. The van der Waals surface area contributed by atoms with Gasteiger partial charge in [-0.3, -0.25) is 0 Å². The molecular weight excluding hydrogens is 260 g/mol. The van der Waals surface area contributed by atoms with E-state index in [2.05, 4.69) is 12.2 Å². The maximum Gasteiger partial charge on any atom is 0.211 e. The minimum atomic E-state index is -2.98. The third kappa shape index (κ3) is 7.97. The molecule has 0 aliphatic carbocycles. The number of alkyl halides is 1. The van der Waals surface area contributed by atoms with E-state index in [-0.39, 0.29) is 6.04 Å². The predicted octanol–water partition coefficient (Wildman–Crippen LogP) is 1.66. The lowest BCUT2D eigenvalue weighted by atomic mass is 10.3. The summed E-state index contributed by atoms with van der Waals surface area (Å²) in [5.74, 6) is 0.827. The van der Waals surface area contributed by atoms with Gasteiger partial charge >= 0.3 is 0 Å². The highest BCUT2D eigenvalue weighted by atomic mass is 35.5. The molecule has 0 amide bonds. The molecule has 1 saturated heterocycles. The molecule has 1 rings (SSSR count). The largest absolute Gasteiger partial charge is 0.314 e. The number of halogens is 1. The van der Waals surface area contributed by atoms with E-state index >= 15 is 0 Å². The number of hydrogen-bond donors (Lipinski definition) is 1. The zero-order valence-corrected chi connectivity index (χ0v) is 12.6. The third-order valence-electron chi connectivity index (χ3n) is 2.60. The highest BCUT2D eigenvalue weighted by Crippen LogP contribution is 2.06. The average molecular weight is 285 g/mol. The minimum Gasteiger partial charge on any atom is -0.314 e. The molecule has 6 heteroatoms. The van der Waals surface area contributed by atoms with Gasteiger partial charge in [0.05, 0.1) is 6.26 Å². The Labute approximate surface area is 111 Å². The zero-order valence-electron chi connectivity index (χ0n) is 11.1. The molecule has 1 aliphatic heterocycles. The first-order valence-electron chi connectivity index (χ1n) is 6.17. The van der Waals surface area contributed by atoms with Crippen molar-refractivity contribution in [3.8, 4) is 0 Å². The smallest absolute Gasteiger partial charge is 0.211 e. The van der Waals surface area contributed by atoms with E-state index in [0.29, 0.717) is 6.54 Å². The van der Waals surface area contributed by atoms with E-state index in [1.807, 2.05) is 6.92 Å². The molecule has 0 aromatic heterocycles. The Morgan fingerprint density at radius 2 is 2.06 bits per heavy atom. The van der Waals surface area contributed by atoms with Crippen molar-refractivity contribution in [2.24, 2.45) is 0 Å². The van der Waals surface area contributed by atoms with Gasteiger partial charge in [-0.1, -0.05) is 19.8 Å². The van der Waals surface area contributed by atoms with E-state index in [4.69, 9.17) is 11.6 Å². The lowest BCUT2D eigenvalue weighted by Crippen LogP contribution is -2.51. The van der Waals surface area contributed by atoms with Crippen molar-refractivity contribution >= 4 is 21.6 Å². The Morgan fingerprint density at radius 1 is 1.41 bits per heavy atom. The first-order valence-corrected chi connectivity index (χ1v) is 8.55. The highest BCUT2D eigenvalue weighted by Gasteiger charge is 2.25. The third-order valence-corrected chi connectivity index (χ3v) is 4.27. The molecule has 1 atom stereocenters. The van der Waals surface area contributed by atoms with Crippen molar-refractivity contribution in [3.63, 3.8) is 0 Å². The fourth-order valence-electron chi connectivity index (χ4n) is 1.66. The average Bonchev–Trinajstić information content (AvgIpc) is 2.26. The molecule has 0 aromatic rings. The van der Waals surface area contributed by atoms with Gasteiger partial charge in [-0.15, -0.1) is 11.6 Å². The Bertz CT molecular complexity index is 279. The zero-order chi connectivity index (χ0) is 13.3. The lowest BCUT2D eigenvalue weighted by molar-refractivity contribution is 0.285. The van der Waals surface area contributed by atoms with Gasteiger partial charge in [0.25, 0.3) is 0 Å². The van der Waals surface area contributed by atoms with Crippen molar-refractivity contribution in [1.82, 2.24) is 9.62 Å². The molecule has 0 saturated carbocycles. The molecule has 1 heterocycles. The summed E-state index contributed by atoms with van der Waals surface area (Å²) in [7, 11) is -2.98. The van der Waals surface area contributed by atoms with Gasteiger partial charge in [-0.25, -0.2) is 8.42 Å². The quantitative estimate of drug-likeness (QED) is 0.631. The van der Waals surface area contributed by atoms with Crippen LogP contribution in [0, 0.1) is 0 Å². The first kappa shape index (κ1) is 17.2. The number of rotatable bonds is 4. The second-order valence-electron chi connectivity index (χ2n) is 4.32. The molecule has 1 aliphatic rings. The van der Waals surface area contributed by atoms with Gasteiger partial charge in [0.2, 0.25) is 10.0 Å². The molecule has 0 spiro atoms. The molecule has 1 fully saturated rings. The monoisotopic (exact) mass is 284 g/mol. The highest BCUT2D eigenvalue weighted by molar-refractivity contribution is 7.88. The number of sulfonamides is 1. The van der Waals surface area contributed by atoms with Crippen LogP contribution in [0.4, 0.5) is 0 Å². The summed E-state index contributed by atoms with van der Waals surface area (Å²) in [6.45, 7) is 6.20. The van der Waals surface area contributed by atoms with Crippen LogP contribution in [-0.2, 0) is 10.0 Å². The summed E-state index contributed by atoms with van der Waals surface area (Å²) in [5.41, 5.74) is 0. The molecule has 0 bridgehead atoms. The standard InChI is InChI=1S/C6H14N2O2S.C5H11Cl/c1-6-5-7-3-4-8(6)11(2,9)10;1-2-3-4-5-6/h6-7H,3-5H2,1-2H3;2-5H2,1H3. The number of unbranched alkanes of at least 4 members (excludes halogenated alkanes) is 2. The van der Waals surface area contributed by atoms with Gasteiger partial charge in [-0.05, 0) is 13.3 Å². The van der Waals surface area contributed by atoms with E-state index in [0.717, 1.165) is 19.0 Å². The van der Waals surface area contributed by atoms with Crippen LogP contribution in [0.25, 0.3) is 0 Å². The maximum atomic E-state index is 11.1. The van der Waals surface area contributed by atoms with Gasteiger partial charge in [0.1, 0.15) is 0 Å². The molecule has 0 radical (unpaired) electrons. The normalized spacial score (nSPS) is 21.8. The van der Waals surface area contributed by atoms with Crippen LogP contribution in [-0.4, -0.2) is 50.5 Å². The molecule has 4 nitrogen and oxygen atoms in total. The van der Waals surface area contributed by atoms with Crippen molar-refractivity contribution in [3.05, 3.63) is 0 Å². The van der Waals surface area contributed by atoms with Crippen LogP contribution in [0.2, 0.25) is 0 Å². The van der Waals surface area contributed by atoms with Crippen molar-refractivity contribution in [2.75, 3.05) is 31.8 Å². The first-order chi connectivity index (χ1) is 7.93. The van der Waals surface area contributed by atoms with Crippen LogP contribution >= 0.6 is 11.6 Å². The predicted molar refractivity (Wildman–Crippen MR) is 74.1 cm³/mol. The van der Waals surface area contributed by atoms with Crippen molar-refractivity contribution in [1.29, 1.82) is 0 Å². The second-order valence-corrected chi connectivity index (χ2v) is 6.64. The maximum absolute atomic E-state index is 11.1. The fourth-order valence-corrected chi connectivity index (χ4v) is 3.00. The van der Waals surface area contributed by atoms with Crippen LogP contribution in [0.15, 0.2) is 0 Å². The molecule has 0 aromatic carbocycles. The topological polar surface area (TPSA) is 49.4 Å². The molecular formula is C11H25ClN2O2S. The van der Waals surface area contributed by atoms with Crippen LogP contribution in [0.3, 0.4) is 0 Å². The Morgan fingerprint density at radius 3 is 2.35 bits per heavy atom. The number of hydrogen-bond acceptors (Lipinski definition) is 3. The summed E-state index contributed by atoms with van der Waals surface area (Å²) in [4.78, 5) is 0. The summed E-state index contributed by atoms with van der Waals surface area (Å²) in [5, 5.41) is 3.13. The number of piperazine rings is 1. The van der Waals surface area contributed by atoms with Crippen LogP contribution in [0.5, 0.6) is 0 Å². The van der Waals surface area contributed by atoms with E-state index in [9.17, 15) is 8.42 Å². The fraction of sp³-hybridized carbons (Fsp3) is 1.00. The van der Waals surface area contributed by atoms with Gasteiger partial charge in [0, 0.05) is 31.6 Å². The van der Waals surface area contributed by atoms with E-state index in [1.54, 1.807) is 0 Å². The molecule has 17 heavy (non-hydrogen) atoms. The summed E-state index contributed by atoms with van der Waals surface area (Å²) >= 11 is 5.38. The number of nitrogens with one attached hydrogen (secondary N) is 1. The Hall–Kier alpha value is 0.160. The van der Waals surface area contributed by atoms with E-state index in [1.165, 1.54) is 29.8 Å². The summed E-state index contributed by atoms with van der Waals surface area (Å²) in [6, 6.07) is 0.0961. The number of nitrogens with zero attached hydrogens (tertiary/aromatic N) is 1. The van der Waals surface area contributed by atoms with Crippen molar-refractivity contribution < 1.29 is 8.42 Å². The van der Waals surface area contributed by atoms with Gasteiger partial charge in [-0.2, -0.15) is 4.31 Å². The lowest BCUT2D eigenvalue weighted by Gasteiger charge is -2.31.